The van der Waals surface area contributed by atoms with Gasteiger partial charge in [0.1, 0.15) is 0 Å². The second-order valence-electron chi connectivity index (χ2n) is 5.29. The van der Waals surface area contributed by atoms with Crippen molar-refractivity contribution in [3.63, 3.8) is 0 Å². The van der Waals surface area contributed by atoms with Crippen molar-refractivity contribution in [3.05, 3.63) is 27.7 Å². The molecule has 25 heavy (non-hydrogen) atoms. The SMILES string of the molecule is CCOc1c(Cl)cc(/C=N\NC(=O)C(=O)NC[C@@H]2CCCO2)cc1Cl. The van der Waals surface area contributed by atoms with Gasteiger partial charge >= 0.3 is 11.8 Å². The van der Waals surface area contributed by atoms with Crippen molar-refractivity contribution in [2.24, 2.45) is 5.10 Å². The summed E-state index contributed by atoms with van der Waals surface area (Å²) in [4.78, 5) is 23.3. The van der Waals surface area contributed by atoms with Gasteiger partial charge in [0.15, 0.2) is 5.75 Å². The maximum absolute atomic E-state index is 11.7. The molecule has 0 bridgehead atoms. The number of carbonyl (C=O) groups excluding carboxylic acids is 2. The Morgan fingerprint density at radius 1 is 1.36 bits per heavy atom. The molecule has 2 N–H and O–H groups in total. The zero-order chi connectivity index (χ0) is 18.2. The van der Waals surface area contributed by atoms with Crippen LogP contribution in [0.5, 0.6) is 5.75 Å². The summed E-state index contributed by atoms with van der Waals surface area (Å²) in [5.41, 5.74) is 2.70. The largest absolute Gasteiger partial charge is 0.491 e. The summed E-state index contributed by atoms with van der Waals surface area (Å²) in [6, 6.07) is 3.18. The molecule has 9 heteroatoms. The Morgan fingerprint density at radius 2 is 2.08 bits per heavy atom. The summed E-state index contributed by atoms with van der Waals surface area (Å²) in [5.74, 6) is -1.24. The minimum absolute atomic E-state index is 0.0339. The van der Waals surface area contributed by atoms with Crippen molar-refractivity contribution in [1.82, 2.24) is 10.7 Å². The Bertz CT molecular complexity index is 638. The summed E-state index contributed by atoms with van der Waals surface area (Å²) < 4.78 is 10.7. The monoisotopic (exact) mass is 387 g/mol. The fourth-order valence-electron chi connectivity index (χ4n) is 2.24. The smallest absolute Gasteiger partial charge is 0.329 e. The maximum Gasteiger partial charge on any atom is 0.329 e. The number of nitrogens with one attached hydrogen (secondary N) is 2. The van der Waals surface area contributed by atoms with Gasteiger partial charge in [0.25, 0.3) is 0 Å². The van der Waals surface area contributed by atoms with Crippen molar-refractivity contribution < 1.29 is 19.1 Å². The van der Waals surface area contributed by atoms with Crippen LogP contribution < -0.4 is 15.5 Å². The van der Waals surface area contributed by atoms with E-state index in [1.54, 1.807) is 12.1 Å². The molecule has 0 unspecified atom stereocenters. The Balaban J connectivity index is 1.85. The number of hydrogen-bond acceptors (Lipinski definition) is 5. The highest BCUT2D eigenvalue weighted by Crippen LogP contribution is 2.33. The first-order valence-corrected chi connectivity index (χ1v) is 8.61. The number of ether oxygens (including phenoxy) is 2. The third-order valence-corrected chi connectivity index (χ3v) is 3.97. The highest BCUT2D eigenvalue weighted by Gasteiger charge is 2.19. The van der Waals surface area contributed by atoms with Crippen LogP contribution in [0, 0.1) is 0 Å². The first kappa shape index (κ1) is 19.5. The van der Waals surface area contributed by atoms with Gasteiger partial charge in [-0.1, -0.05) is 23.2 Å². The minimum Gasteiger partial charge on any atom is -0.491 e. The molecular weight excluding hydrogens is 369 g/mol. The van der Waals surface area contributed by atoms with Gasteiger partial charge in [-0.25, -0.2) is 5.43 Å². The lowest BCUT2D eigenvalue weighted by Crippen LogP contribution is -2.41. The molecule has 2 amide bonds. The first-order chi connectivity index (χ1) is 12.0. The van der Waals surface area contributed by atoms with Crippen LogP contribution in [0.2, 0.25) is 10.0 Å². The van der Waals surface area contributed by atoms with E-state index < -0.39 is 11.8 Å². The van der Waals surface area contributed by atoms with E-state index in [0.29, 0.717) is 41.1 Å². The minimum atomic E-state index is -0.864. The summed E-state index contributed by atoms with van der Waals surface area (Å²) in [6.07, 6.45) is 3.14. The van der Waals surface area contributed by atoms with Gasteiger partial charge in [0, 0.05) is 13.2 Å². The zero-order valence-electron chi connectivity index (χ0n) is 13.7. The van der Waals surface area contributed by atoms with E-state index in [9.17, 15) is 9.59 Å². The average molecular weight is 388 g/mol. The standard InChI is InChI=1S/C16H19Cl2N3O4/c1-2-24-14-12(17)6-10(7-13(14)18)8-20-21-16(23)15(22)19-9-11-4-3-5-25-11/h6-8,11H,2-5,9H2,1H3,(H,19,22)(H,21,23)/b20-8-/t11-/m0/s1. The molecule has 7 nitrogen and oxygen atoms in total. The van der Waals surface area contributed by atoms with Crippen LogP contribution in [-0.2, 0) is 14.3 Å². The Labute approximate surface area is 155 Å². The lowest BCUT2D eigenvalue weighted by Gasteiger charge is -2.09. The topological polar surface area (TPSA) is 89.0 Å². The molecule has 0 spiro atoms. The zero-order valence-corrected chi connectivity index (χ0v) is 15.2. The number of carbonyl (C=O) groups is 2. The lowest BCUT2D eigenvalue weighted by molar-refractivity contribution is -0.139. The van der Waals surface area contributed by atoms with E-state index in [1.165, 1.54) is 6.21 Å². The normalized spacial score (nSPS) is 16.8. The molecule has 1 aromatic rings. The van der Waals surface area contributed by atoms with Crippen LogP contribution in [-0.4, -0.2) is 43.9 Å². The number of hydrazone groups is 1. The third-order valence-electron chi connectivity index (χ3n) is 3.41. The van der Waals surface area contributed by atoms with E-state index in [2.05, 4.69) is 15.8 Å². The van der Waals surface area contributed by atoms with E-state index in [-0.39, 0.29) is 6.10 Å². The van der Waals surface area contributed by atoms with Crippen LogP contribution >= 0.6 is 23.2 Å². The molecule has 1 heterocycles. The Morgan fingerprint density at radius 3 is 2.68 bits per heavy atom. The molecule has 1 saturated heterocycles. The van der Waals surface area contributed by atoms with Gasteiger partial charge in [-0.05, 0) is 37.5 Å². The molecule has 1 aliphatic heterocycles. The summed E-state index contributed by atoms with van der Waals surface area (Å²) >= 11 is 12.1. The van der Waals surface area contributed by atoms with Crippen LogP contribution in [0.25, 0.3) is 0 Å². The highest BCUT2D eigenvalue weighted by atomic mass is 35.5. The molecule has 0 aliphatic carbocycles. The second kappa shape index (κ2) is 9.60. The maximum atomic E-state index is 11.7. The van der Waals surface area contributed by atoms with Gasteiger partial charge in [-0.15, -0.1) is 0 Å². The van der Waals surface area contributed by atoms with Crippen molar-refractivity contribution in [2.75, 3.05) is 19.8 Å². The van der Waals surface area contributed by atoms with Crippen LogP contribution in [0.4, 0.5) is 0 Å². The van der Waals surface area contributed by atoms with Crippen LogP contribution in [0.15, 0.2) is 17.2 Å². The van der Waals surface area contributed by atoms with E-state index in [4.69, 9.17) is 32.7 Å². The molecule has 1 aromatic carbocycles. The molecule has 136 valence electrons. The fourth-order valence-corrected chi connectivity index (χ4v) is 2.86. The molecule has 0 aromatic heterocycles. The molecule has 2 rings (SSSR count). The lowest BCUT2D eigenvalue weighted by atomic mass is 10.2. The third kappa shape index (κ3) is 5.88. The van der Waals surface area contributed by atoms with Crippen LogP contribution in [0.3, 0.4) is 0 Å². The van der Waals surface area contributed by atoms with Crippen molar-refractivity contribution >= 4 is 41.2 Å². The van der Waals surface area contributed by atoms with Crippen LogP contribution in [0.1, 0.15) is 25.3 Å². The van der Waals surface area contributed by atoms with Gasteiger partial charge < -0.3 is 14.8 Å². The van der Waals surface area contributed by atoms with Gasteiger partial charge in [0.2, 0.25) is 0 Å². The fraction of sp³-hybridized carbons (Fsp3) is 0.438. The van der Waals surface area contributed by atoms with Crippen molar-refractivity contribution in [2.45, 2.75) is 25.9 Å². The van der Waals surface area contributed by atoms with Gasteiger partial charge in [-0.2, -0.15) is 5.10 Å². The van der Waals surface area contributed by atoms with E-state index in [0.717, 1.165) is 12.8 Å². The summed E-state index contributed by atoms with van der Waals surface area (Å²) in [6.45, 7) is 3.25. The molecule has 0 saturated carbocycles. The quantitative estimate of drug-likeness (QED) is 0.444. The number of nitrogens with zero attached hydrogens (tertiary/aromatic N) is 1. The van der Waals surface area contributed by atoms with E-state index in [1.807, 2.05) is 6.92 Å². The van der Waals surface area contributed by atoms with E-state index >= 15 is 0 Å². The van der Waals surface area contributed by atoms with Crippen molar-refractivity contribution in [3.8, 4) is 5.75 Å². The highest BCUT2D eigenvalue weighted by molar-refractivity contribution is 6.37. The number of rotatable bonds is 6. The molecule has 1 aliphatic rings. The predicted molar refractivity (Wildman–Crippen MR) is 95.4 cm³/mol. The second-order valence-corrected chi connectivity index (χ2v) is 6.11. The number of halogens is 2. The predicted octanol–water partition coefficient (Wildman–Crippen LogP) is 2.14. The summed E-state index contributed by atoms with van der Waals surface area (Å²) in [5, 5.41) is 6.89. The van der Waals surface area contributed by atoms with Crippen molar-refractivity contribution in [1.29, 1.82) is 0 Å². The number of amides is 2. The first-order valence-electron chi connectivity index (χ1n) is 7.86. The molecule has 0 radical (unpaired) electrons. The number of hydrogen-bond donors (Lipinski definition) is 2. The average Bonchev–Trinajstić information content (AvgIpc) is 3.09. The molecule has 1 atom stereocenters. The Hall–Kier alpha value is -1.83. The molecule has 1 fully saturated rings. The summed E-state index contributed by atoms with van der Waals surface area (Å²) in [7, 11) is 0. The molecular formula is C16H19Cl2N3O4. The number of benzene rings is 1. The van der Waals surface area contributed by atoms with Gasteiger partial charge in [0.05, 0.1) is 29.0 Å². The Kier molecular flexibility index (Phi) is 7.49. The van der Waals surface area contributed by atoms with Gasteiger partial charge in [-0.3, -0.25) is 9.59 Å².